The number of morpholine rings is 1. The molecule has 1 aliphatic heterocycles. The number of carbonyl (C=O) groups is 2. The maximum atomic E-state index is 12.3. The molecular formula is C20H28N2O4. The van der Waals surface area contributed by atoms with Gasteiger partial charge in [0, 0.05) is 24.7 Å². The van der Waals surface area contributed by atoms with Gasteiger partial charge in [-0.1, -0.05) is 12.8 Å². The SMILES string of the molecule is Cc1cc(NC(=O)C2CCCC2)cc(C)c1OCC(=O)N1CCOCC1. The largest absolute Gasteiger partial charge is 0.483 e. The molecule has 6 nitrogen and oxygen atoms in total. The minimum Gasteiger partial charge on any atom is -0.483 e. The molecule has 1 aromatic rings. The number of benzene rings is 1. The second-order valence-electron chi connectivity index (χ2n) is 7.19. The van der Waals surface area contributed by atoms with E-state index in [1.807, 2.05) is 26.0 Å². The van der Waals surface area contributed by atoms with E-state index in [2.05, 4.69) is 5.32 Å². The van der Waals surface area contributed by atoms with E-state index >= 15 is 0 Å². The summed E-state index contributed by atoms with van der Waals surface area (Å²) in [7, 11) is 0. The molecule has 0 spiro atoms. The molecule has 142 valence electrons. The molecule has 0 atom stereocenters. The van der Waals surface area contributed by atoms with Crippen LogP contribution in [0.3, 0.4) is 0 Å². The molecule has 1 saturated heterocycles. The third kappa shape index (κ3) is 4.55. The molecule has 0 bridgehead atoms. The quantitative estimate of drug-likeness (QED) is 0.877. The van der Waals surface area contributed by atoms with Gasteiger partial charge in [0.1, 0.15) is 5.75 Å². The number of ether oxygens (including phenoxy) is 2. The van der Waals surface area contributed by atoms with Gasteiger partial charge >= 0.3 is 0 Å². The van der Waals surface area contributed by atoms with Crippen molar-refractivity contribution in [1.29, 1.82) is 0 Å². The highest BCUT2D eigenvalue weighted by atomic mass is 16.5. The first-order chi connectivity index (χ1) is 12.5. The van der Waals surface area contributed by atoms with Crippen LogP contribution in [-0.4, -0.2) is 49.6 Å². The second-order valence-corrected chi connectivity index (χ2v) is 7.19. The molecule has 6 heteroatoms. The lowest BCUT2D eigenvalue weighted by atomic mass is 10.1. The van der Waals surface area contributed by atoms with Crippen molar-refractivity contribution in [2.45, 2.75) is 39.5 Å². The summed E-state index contributed by atoms with van der Waals surface area (Å²) < 4.78 is 11.1. The van der Waals surface area contributed by atoms with Crippen LogP contribution in [0, 0.1) is 19.8 Å². The van der Waals surface area contributed by atoms with Crippen molar-refractivity contribution >= 4 is 17.5 Å². The van der Waals surface area contributed by atoms with E-state index in [0.29, 0.717) is 32.1 Å². The Morgan fingerprint density at radius 3 is 2.38 bits per heavy atom. The molecule has 3 rings (SSSR count). The minimum absolute atomic E-state index is 0.0225. The van der Waals surface area contributed by atoms with Crippen LogP contribution >= 0.6 is 0 Å². The zero-order valence-electron chi connectivity index (χ0n) is 15.7. The van der Waals surface area contributed by atoms with Gasteiger partial charge in [-0.25, -0.2) is 0 Å². The first-order valence-corrected chi connectivity index (χ1v) is 9.45. The molecule has 1 aromatic carbocycles. The summed E-state index contributed by atoms with van der Waals surface area (Å²) in [6, 6.07) is 3.82. The van der Waals surface area contributed by atoms with Crippen LogP contribution < -0.4 is 10.1 Å². The van der Waals surface area contributed by atoms with Crippen molar-refractivity contribution in [3.05, 3.63) is 23.3 Å². The first kappa shape index (κ1) is 18.7. The van der Waals surface area contributed by atoms with Crippen LogP contribution in [-0.2, 0) is 14.3 Å². The van der Waals surface area contributed by atoms with Crippen molar-refractivity contribution in [3.63, 3.8) is 0 Å². The Bertz CT molecular complexity index is 639. The van der Waals surface area contributed by atoms with Gasteiger partial charge in [0.15, 0.2) is 6.61 Å². The Balaban J connectivity index is 1.59. The maximum absolute atomic E-state index is 12.3. The average Bonchev–Trinajstić information content (AvgIpc) is 3.16. The van der Waals surface area contributed by atoms with Gasteiger partial charge in [-0.15, -0.1) is 0 Å². The van der Waals surface area contributed by atoms with Crippen LogP contribution in [0.2, 0.25) is 0 Å². The van der Waals surface area contributed by atoms with Crippen LogP contribution in [0.15, 0.2) is 12.1 Å². The highest BCUT2D eigenvalue weighted by molar-refractivity contribution is 5.93. The monoisotopic (exact) mass is 360 g/mol. The fourth-order valence-electron chi connectivity index (χ4n) is 3.72. The number of nitrogens with zero attached hydrogens (tertiary/aromatic N) is 1. The number of hydrogen-bond acceptors (Lipinski definition) is 4. The predicted octanol–water partition coefficient (Wildman–Crippen LogP) is 2.67. The lowest BCUT2D eigenvalue weighted by Gasteiger charge is -2.27. The molecule has 0 radical (unpaired) electrons. The van der Waals surface area contributed by atoms with E-state index < -0.39 is 0 Å². The van der Waals surface area contributed by atoms with E-state index in [9.17, 15) is 9.59 Å². The molecule has 1 aliphatic carbocycles. The van der Waals surface area contributed by atoms with Gasteiger partial charge in [0.2, 0.25) is 5.91 Å². The average molecular weight is 360 g/mol. The standard InChI is InChI=1S/C20H28N2O4/c1-14-11-17(21-20(24)16-5-3-4-6-16)12-15(2)19(14)26-13-18(23)22-7-9-25-10-8-22/h11-12,16H,3-10,13H2,1-2H3,(H,21,24). The molecule has 2 fully saturated rings. The van der Waals surface area contributed by atoms with Crippen molar-refractivity contribution in [2.24, 2.45) is 5.92 Å². The fourth-order valence-corrected chi connectivity index (χ4v) is 3.72. The van der Waals surface area contributed by atoms with Crippen LogP contribution in [0.1, 0.15) is 36.8 Å². The van der Waals surface area contributed by atoms with E-state index in [-0.39, 0.29) is 24.3 Å². The van der Waals surface area contributed by atoms with Crippen LogP contribution in [0.5, 0.6) is 5.75 Å². The van der Waals surface area contributed by atoms with Crippen molar-refractivity contribution in [3.8, 4) is 5.75 Å². The second kappa shape index (κ2) is 8.54. The van der Waals surface area contributed by atoms with Crippen LogP contribution in [0.4, 0.5) is 5.69 Å². The topological polar surface area (TPSA) is 67.9 Å². The number of hydrogen-bond donors (Lipinski definition) is 1. The molecule has 1 N–H and O–H groups in total. The minimum atomic E-state index is -0.0225. The number of nitrogens with one attached hydrogen (secondary N) is 1. The third-order valence-electron chi connectivity index (χ3n) is 5.16. The summed E-state index contributed by atoms with van der Waals surface area (Å²) in [5, 5.41) is 3.03. The Kier molecular flexibility index (Phi) is 6.14. The van der Waals surface area contributed by atoms with Gasteiger partial charge in [-0.2, -0.15) is 0 Å². The fraction of sp³-hybridized carbons (Fsp3) is 0.600. The van der Waals surface area contributed by atoms with E-state index in [1.54, 1.807) is 4.90 Å². The Morgan fingerprint density at radius 1 is 1.15 bits per heavy atom. The lowest BCUT2D eigenvalue weighted by molar-refractivity contribution is -0.137. The molecule has 1 saturated carbocycles. The Hall–Kier alpha value is -2.08. The summed E-state index contributed by atoms with van der Waals surface area (Å²) in [6.45, 7) is 6.30. The van der Waals surface area contributed by atoms with Crippen molar-refractivity contribution in [2.75, 3.05) is 38.2 Å². The smallest absolute Gasteiger partial charge is 0.260 e. The van der Waals surface area contributed by atoms with Gasteiger partial charge in [-0.3, -0.25) is 9.59 Å². The van der Waals surface area contributed by atoms with E-state index in [4.69, 9.17) is 9.47 Å². The highest BCUT2D eigenvalue weighted by Gasteiger charge is 2.23. The molecular weight excluding hydrogens is 332 g/mol. The maximum Gasteiger partial charge on any atom is 0.260 e. The summed E-state index contributed by atoms with van der Waals surface area (Å²) in [5.41, 5.74) is 2.63. The van der Waals surface area contributed by atoms with Gasteiger partial charge in [0.25, 0.3) is 5.91 Å². The number of amides is 2. The summed E-state index contributed by atoms with van der Waals surface area (Å²) in [4.78, 5) is 26.3. The number of aryl methyl sites for hydroxylation is 2. The van der Waals surface area contributed by atoms with Crippen molar-refractivity contribution in [1.82, 2.24) is 4.90 Å². The summed E-state index contributed by atoms with van der Waals surface area (Å²) >= 11 is 0. The summed E-state index contributed by atoms with van der Waals surface area (Å²) in [6.07, 6.45) is 4.24. The third-order valence-corrected chi connectivity index (χ3v) is 5.16. The number of carbonyl (C=O) groups excluding carboxylic acids is 2. The highest BCUT2D eigenvalue weighted by Crippen LogP contribution is 2.29. The number of rotatable bonds is 5. The molecule has 2 amide bonds. The van der Waals surface area contributed by atoms with Gasteiger partial charge < -0.3 is 19.7 Å². The lowest BCUT2D eigenvalue weighted by Crippen LogP contribution is -2.43. The first-order valence-electron chi connectivity index (χ1n) is 9.45. The van der Waals surface area contributed by atoms with E-state index in [1.165, 1.54) is 0 Å². The van der Waals surface area contributed by atoms with Crippen LogP contribution in [0.25, 0.3) is 0 Å². The van der Waals surface area contributed by atoms with E-state index in [0.717, 1.165) is 42.5 Å². The van der Waals surface area contributed by atoms with Gasteiger partial charge in [0.05, 0.1) is 13.2 Å². The number of anilines is 1. The van der Waals surface area contributed by atoms with Gasteiger partial charge in [-0.05, 0) is 49.9 Å². The predicted molar refractivity (Wildman–Crippen MR) is 99.4 cm³/mol. The summed E-state index contributed by atoms with van der Waals surface area (Å²) in [5.74, 6) is 0.936. The Labute approximate surface area is 154 Å². The molecule has 2 aliphatic rings. The molecule has 26 heavy (non-hydrogen) atoms. The molecule has 0 aromatic heterocycles. The molecule has 1 heterocycles. The molecule has 0 unspecified atom stereocenters. The Morgan fingerprint density at radius 2 is 1.77 bits per heavy atom. The van der Waals surface area contributed by atoms with Crippen molar-refractivity contribution < 1.29 is 19.1 Å². The zero-order valence-corrected chi connectivity index (χ0v) is 15.7. The normalized spacial score (nSPS) is 18.0. The zero-order chi connectivity index (χ0) is 18.5.